The lowest BCUT2D eigenvalue weighted by Crippen LogP contribution is -1.99. The Kier molecular flexibility index (Phi) is 5.40. The fourth-order valence-corrected chi connectivity index (χ4v) is 2.49. The molecule has 2 rings (SSSR count). The molecule has 0 fully saturated rings. The number of aryl methyl sites for hydroxylation is 2. The zero-order valence-corrected chi connectivity index (χ0v) is 12.9. The molecule has 0 radical (unpaired) electrons. The Labute approximate surface area is 121 Å². The molecule has 0 heterocycles. The molecule has 20 heavy (non-hydrogen) atoms. The van der Waals surface area contributed by atoms with Crippen molar-refractivity contribution < 1.29 is 13.6 Å². The molecule has 0 N–H and O–H groups in total. The second kappa shape index (κ2) is 7.28. The first-order valence-corrected chi connectivity index (χ1v) is 7.69. The summed E-state index contributed by atoms with van der Waals surface area (Å²) in [4.78, 5) is 0. The minimum Gasteiger partial charge on any atom is -0.418 e. The van der Waals surface area contributed by atoms with E-state index in [0.717, 1.165) is 11.5 Å². The molecule has 0 aliphatic rings. The summed E-state index contributed by atoms with van der Waals surface area (Å²) in [5, 5.41) is 0. The van der Waals surface area contributed by atoms with Gasteiger partial charge in [-0.25, -0.2) is 0 Å². The molecular weight excluding hydrogens is 271 g/mol. The van der Waals surface area contributed by atoms with E-state index in [1.807, 2.05) is 69.3 Å². The zero-order valence-electron chi connectivity index (χ0n) is 12.0. The number of benzene rings is 2. The summed E-state index contributed by atoms with van der Waals surface area (Å²) in [5.41, 5.74) is 2.38. The van der Waals surface area contributed by atoms with Gasteiger partial charge in [0.25, 0.3) is 0 Å². The van der Waals surface area contributed by atoms with Gasteiger partial charge in [-0.2, -0.15) is 0 Å². The molecule has 0 aliphatic carbocycles. The summed E-state index contributed by atoms with van der Waals surface area (Å²) in [6.07, 6.45) is 0. The predicted molar refractivity (Wildman–Crippen MR) is 82.2 cm³/mol. The number of hydrogen-bond donors (Lipinski definition) is 0. The summed E-state index contributed by atoms with van der Waals surface area (Å²) in [6, 6.07) is 15.7. The van der Waals surface area contributed by atoms with Gasteiger partial charge in [-0.15, -0.1) is 0 Å². The van der Waals surface area contributed by atoms with E-state index in [1.165, 1.54) is 11.1 Å². The summed E-state index contributed by atoms with van der Waals surface area (Å²) in [6.45, 7) is 6.55. The van der Waals surface area contributed by atoms with E-state index >= 15 is 0 Å². The van der Waals surface area contributed by atoms with Gasteiger partial charge in [-0.1, -0.05) is 35.4 Å². The standard InChI is InChI=1S/C16H19O3P/c1-4-17-20(18-15-9-5-13(2)6-10-15)19-16-11-7-14(3)8-12-16/h5-12H,4H2,1-3H3. The van der Waals surface area contributed by atoms with Crippen molar-refractivity contribution in [1.82, 2.24) is 0 Å². The van der Waals surface area contributed by atoms with Gasteiger partial charge in [-0.3, -0.25) is 4.52 Å². The average Bonchev–Trinajstić information content (AvgIpc) is 2.44. The van der Waals surface area contributed by atoms with Crippen LogP contribution in [0.3, 0.4) is 0 Å². The van der Waals surface area contributed by atoms with Crippen molar-refractivity contribution in [2.45, 2.75) is 20.8 Å². The third-order valence-corrected chi connectivity index (χ3v) is 3.83. The van der Waals surface area contributed by atoms with Crippen LogP contribution in [0.4, 0.5) is 0 Å². The zero-order chi connectivity index (χ0) is 14.4. The van der Waals surface area contributed by atoms with E-state index < -0.39 is 8.60 Å². The average molecular weight is 290 g/mol. The van der Waals surface area contributed by atoms with Crippen molar-refractivity contribution in [3.63, 3.8) is 0 Å². The summed E-state index contributed by atoms with van der Waals surface area (Å²) in [7, 11) is -1.43. The molecule has 4 heteroatoms. The van der Waals surface area contributed by atoms with Gasteiger partial charge >= 0.3 is 8.60 Å². The van der Waals surface area contributed by atoms with Crippen LogP contribution in [0, 0.1) is 13.8 Å². The first-order valence-electron chi connectivity index (χ1n) is 6.59. The maximum atomic E-state index is 5.76. The first-order chi connectivity index (χ1) is 9.67. The fraction of sp³-hybridized carbons (Fsp3) is 0.250. The van der Waals surface area contributed by atoms with E-state index in [1.54, 1.807) is 0 Å². The number of rotatable bonds is 6. The highest BCUT2D eigenvalue weighted by Crippen LogP contribution is 2.41. The largest absolute Gasteiger partial charge is 0.463 e. The van der Waals surface area contributed by atoms with Crippen LogP contribution in [0.25, 0.3) is 0 Å². The van der Waals surface area contributed by atoms with E-state index in [-0.39, 0.29) is 0 Å². The lowest BCUT2D eigenvalue weighted by Gasteiger charge is -2.17. The molecule has 0 aliphatic heterocycles. The number of hydrogen-bond acceptors (Lipinski definition) is 3. The maximum Gasteiger partial charge on any atom is 0.463 e. The third-order valence-electron chi connectivity index (χ3n) is 2.64. The van der Waals surface area contributed by atoms with Crippen molar-refractivity contribution in [1.29, 1.82) is 0 Å². The van der Waals surface area contributed by atoms with Gasteiger partial charge in [-0.05, 0) is 45.0 Å². The van der Waals surface area contributed by atoms with Crippen LogP contribution in [0.1, 0.15) is 18.1 Å². The van der Waals surface area contributed by atoms with E-state index in [4.69, 9.17) is 13.6 Å². The Balaban J connectivity index is 2.02. The molecule has 0 saturated carbocycles. The SMILES string of the molecule is CCOP(Oc1ccc(C)cc1)Oc1ccc(C)cc1. The Morgan fingerprint density at radius 2 is 1.15 bits per heavy atom. The lowest BCUT2D eigenvalue weighted by molar-refractivity contribution is 0.280. The molecule has 0 unspecified atom stereocenters. The van der Waals surface area contributed by atoms with Gasteiger partial charge < -0.3 is 9.05 Å². The topological polar surface area (TPSA) is 27.7 Å². The monoisotopic (exact) mass is 290 g/mol. The van der Waals surface area contributed by atoms with Crippen LogP contribution in [0.2, 0.25) is 0 Å². The molecule has 3 nitrogen and oxygen atoms in total. The second-order valence-electron chi connectivity index (χ2n) is 4.45. The Hall–Kier alpha value is -1.57. The van der Waals surface area contributed by atoms with Gasteiger partial charge in [0.1, 0.15) is 11.5 Å². The third kappa shape index (κ3) is 4.52. The molecule has 2 aromatic carbocycles. The smallest absolute Gasteiger partial charge is 0.418 e. The van der Waals surface area contributed by atoms with Gasteiger partial charge in [0.2, 0.25) is 0 Å². The summed E-state index contributed by atoms with van der Waals surface area (Å²) >= 11 is 0. The van der Waals surface area contributed by atoms with Crippen LogP contribution in [0.5, 0.6) is 11.5 Å². The van der Waals surface area contributed by atoms with Crippen LogP contribution in [-0.4, -0.2) is 6.61 Å². The Morgan fingerprint density at radius 1 is 0.750 bits per heavy atom. The van der Waals surface area contributed by atoms with Crippen molar-refractivity contribution in [2.24, 2.45) is 0 Å². The van der Waals surface area contributed by atoms with Crippen molar-refractivity contribution >= 4 is 8.60 Å². The highest BCUT2D eigenvalue weighted by molar-refractivity contribution is 7.42. The second-order valence-corrected chi connectivity index (χ2v) is 5.52. The molecule has 106 valence electrons. The quantitative estimate of drug-likeness (QED) is 0.699. The molecule has 2 aromatic rings. The molecule has 0 saturated heterocycles. The highest BCUT2D eigenvalue weighted by Gasteiger charge is 2.16. The van der Waals surface area contributed by atoms with Crippen molar-refractivity contribution in [3.05, 3.63) is 59.7 Å². The van der Waals surface area contributed by atoms with Gasteiger partial charge in [0, 0.05) is 0 Å². The maximum absolute atomic E-state index is 5.76. The normalized spacial score (nSPS) is 10.6. The minimum atomic E-state index is -1.43. The van der Waals surface area contributed by atoms with Crippen LogP contribution in [-0.2, 0) is 4.52 Å². The predicted octanol–water partition coefficient (Wildman–Crippen LogP) is 5.02. The van der Waals surface area contributed by atoms with Crippen molar-refractivity contribution in [3.8, 4) is 11.5 Å². The van der Waals surface area contributed by atoms with Gasteiger partial charge in [0.15, 0.2) is 0 Å². The molecule has 0 atom stereocenters. The summed E-state index contributed by atoms with van der Waals surface area (Å²) < 4.78 is 17.1. The van der Waals surface area contributed by atoms with Crippen LogP contribution >= 0.6 is 8.60 Å². The summed E-state index contributed by atoms with van der Waals surface area (Å²) in [5.74, 6) is 1.50. The fourth-order valence-electron chi connectivity index (χ4n) is 1.55. The molecule has 0 spiro atoms. The molecule has 0 amide bonds. The van der Waals surface area contributed by atoms with E-state index in [2.05, 4.69) is 0 Å². The van der Waals surface area contributed by atoms with E-state index in [9.17, 15) is 0 Å². The minimum absolute atomic E-state index is 0.545. The van der Waals surface area contributed by atoms with E-state index in [0.29, 0.717) is 6.61 Å². The van der Waals surface area contributed by atoms with Crippen molar-refractivity contribution in [2.75, 3.05) is 6.61 Å². The molecule has 0 aromatic heterocycles. The lowest BCUT2D eigenvalue weighted by atomic mass is 10.2. The van der Waals surface area contributed by atoms with Crippen LogP contribution < -0.4 is 9.05 Å². The molecule has 0 bridgehead atoms. The Bertz CT molecular complexity index is 475. The van der Waals surface area contributed by atoms with Gasteiger partial charge in [0.05, 0.1) is 6.61 Å². The molecular formula is C16H19O3P. The Morgan fingerprint density at radius 3 is 1.50 bits per heavy atom. The van der Waals surface area contributed by atoms with Crippen LogP contribution in [0.15, 0.2) is 48.5 Å². The first kappa shape index (κ1) is 14.8. The highest BCUT2D eigenvalue weighted by atomic mass is 31.2.